The number of carbonyl (C=O) groups excluding carboxylic acids is 2. The lowest BCUT2D eigenvalue weighted by atomic mass is 9.83. The van der Waals surface area contributed by atoms with E-state index in [1.54, 1.807) is 12.1 Å². The van der Waals surface area contributed by atoms with Gasteiger partial charge in [-0.2, -0.15) is 0 Å². The number of ketones is 1. The normalized spacial score (nSPS) is 21.6. The molecule has 0 aromatic heterocycles. The van der Waals surface area contributed by atoms with E-state index in [2.05, 4.69) is 5.32 Å². The van der Waals surface area contributed by atoms with E-state index in [0.29, 0.717) is 16.3 Å². The van der Waals surface area contributed by atoms with Gasteiger partial charge in [-0.15, -0.1) is 0 Å². The number of rotatable bonds is 0. The maximum atomic E-state index is 11.7. The SMILES string of the molecule is CC1C(=O)C=C2C(=O)Nc3cc(Cl)cc1c32. The number of carbonyl (C=O) groups is 2. The molecule has 1 N–H and O–H groups in total. The Kier molecular flexibility index (Phi) is 1.77. The van der Waals surface area contributed by atoms with E-state index in [1.165, 1.54) is 6.08 Å². The van der Waals surface area contributed by atoms with Gasteiger partial charge in [-0.05, 0) is 23.8 Å². The lowest BCUT2D eigenvalue weighted by Crippen LogP contribution is -2.15. The first kappa shape index (κ1) is 9.60. The maximum Gasteiger partial charge on any atom is 0.256 e. The Morgan fingerprint density at radius 2 is 2.06 bits per heavy atom. The molecule has 0 saturated carbocycles. The molecule has 1 atom stereocenters. The van der Waals surface area contributed by atoms with Gasteiger partial charge in [-0.1, -0.05) is 18.5 Å². The van der Waals surface area contributed by atoms with Crippen LogP contribution in [0.5, 0.6) is 0 Å². The van der Waals surface area contributed by atoms with E-state index in [4.69, 9.17) is 11.6 Å². The molecular weight excluding hydrogens is 226 g/mol. The monoisotopic (exact) mass is 233 g/mol. The Bertz CT molecular complexity index is 575. The van der Waals surface area contributed by atoms with Gasteiger partial charge in [0.2, 0.25) is 0 Å². The molecule has 1 heterocycles. The Morgan fingerprint density at radius 1 is 1.31 bits per heavy atom. The Hall–Kier alpha value is -1.61. The zero-order chi connectivity index (χ0) is 11.4. The molecule has 0 bridgehead atoms. The van der Waals surface area contributed by atoms with E-state index < -0.39 is 0 Å². The quantitative estimate of drug-likeness (QED) is 0.748. The number of halogens is 1. The van der Waals surface area contributed by atoms with Crippen molar-refractivity contribution >= 4 is 34.6 Å². The van der Waals surface area contributed by atoms with Gasteiger partial charge >= 0.3 is 0 Å². The zero-order valence-corrected chi connectivity index (χ0v) is 9.26. The molecule has 1 amide bonds. The summed E-state index contributed by atoms with van der Waals surface area (Å²) in [6.07, 6.45) is 1.42. The molecule has 16 heavy (non-hydrogen) atoms. The summed E-state index contributed by atoms with van der Waals surface area (Å²) in [5.74, 6) is -0.504. The average Bonchev–Trinajstić information content (AvgIpc) is 2.51. The number of allylic oxidation sites excluding steroid dienone is 1. The van der Waals surface area contributed by atoms with Crippen LogP contribution in [0.3, 0.4) is 0 Å². The van der Waals surface area contributed by atoms with E-state index in [0.717, 1.165) is 11.1 Å². The third-order valence-electron chi connectivity index (χ3n) is 3.08. The van der Waals surface area contributed by atoms with Gasteiger partial charge in [0.1, 0.15) is 0 Å². The van der Waals surface area contributed by atoms with Gasteiger partial charge in [0, 0.05) is 16.5 Å². The number of hydrogen-bond donors (Lipinski definition) is 1. The summed E-state index contributed by atoms with van der Waals surface area (Å²) in [6, 6.07) is 3.47. The van der Waals surface area contributed by atoms with Crippen molar-refractivity contribution in [2.75, 3.05) is 5.32 Å². The van der Waals surface area contributed by atoms with Crippen molar-refractivity contribution in [2.24, 2.45) is 0 Å². The van der Waals surface area contributed by atoms with Gasteiger partial charge in [-0.25, -0.2) is 0 Å². The highest BCUT2D eigenvalue weighted by atomic mass is 35.5. The fourth-order valence-electron chi connectivity index (χ4n) is 2.23. The van der Waals surface area contributed by atoms with E-state index >= 15 is 0 Å². The van der Waals surface area contributed by atoms with Gasteiger partial charge in [-0.3, -0.25) is 9.59 Å². The molecule has 3 rings (SSSR count). The first-order valence-corrected chi connectivity index (χ1v) is 5.36. The second kappa shape index (κ2) is 2.95. The molecule has 1 aromatic carbocycles. The molecule has 1 aliphatic carbocycles. The highest BCUT2D eigenvalue weighted by Gasteiger charge is 2.34. The minimum atomic E-state index is -0.232. The fourth-order valence-corrected chi connectivity index (χ4v) is 2.46. The van der Waals surface area contributed by atoms with Crippen molar-refractivity contribution < 1.29 is 9.59 Å². The predicted octanol–water partition coefficient (Wildman–Crippen LogP) is 2.36. The molecule has 0 saturated heterocycles. The van der Waals surface area contributed by atoms with Crippen LogP contribution < -0.4 is 5.32 Å². The first-order chi connectivity index (χ1) is 7.58. The van der Waals surface area contributed by atoms with Gasteiger partial charge < -0.3 is 5.32 Å². The van der Waals surface area contributed by atoms with Crippen molar-refractivity contribution in [3.05, 3.63) is 34.4 Å². The number of amides is 1. The second-order valence-corrected chi connectivity index (χ2v) is 4.49. The summed E-state index contributed by atoms with van der Waals surface area (Å²) in [5, 5.41) is 3.26. The third kappa shape index (κ3) is 1.09. The smallest absolute Gasteiger partial charge is 0.256 e. The van der Waals surface area contributed by atoms with Crippen molar-refractivity contribution in [3.8, 4) is 0 Å². The fraction of sp³-hybridized carbons (Fsp3) is 0.167. The summed E-state index contributed by atoms with van der Waals surface area (Å²) in [6.45, 7) is 1.82. The Morgan fingerprint density at radius 3 is 2.81 bits per heavy atom. The number of hydrogen-bond acceptors (Lipinski definition) is 2. The zero-order valence-electron chi connectivity index (χ0n) is 8.50. The van der Waals surface area contributed by atoms with Gasteiger partial charge in [0.25, 0.3) is 5.91 Å². The van der Waals surface area contributed by atoms with E-state index in [9.17, 15) is 9.59 Å². The van der Waals surface area contributed by atoms with Crippen LogP contribution >= 0.6 is 11.6 Å². The molecular formula is C12H8ClNO2. The van der Waals surface area contributed by atoms with Crippen LogP contribution in [0.1, 0.15) is 24.0 Å². The molecule has 3 nitrogen and oxygen atoms in total. The van der Waals surface area contributed by atoms with Crippen molar-refractivity contribution in [3.63, 3.8) is 0 Å². The molecule has 1 aromatic rings. The van der Waals surface area contributed by atoms with Crippen molar-refractivity contribution in [1.82, 2.24) is 0 Å². The van der Waals surface area contributed by atoms with Crippen molar-refractivity contribution in [2.45, 2.75) is 12.8 Å². The van der Waals surface area contributed by atoms with Crippen molar-refractivity contribution in [1.29, 1.82) is 0 Å². The van der Waals surface area contributed by atoms with Crippen LogP contribution in [-0.4, -0.2) is 11.7 Å². The third-order valence-corrected chi connectivity index (χ3v) is 3.29. The first-order valence-electron chi connectivity index (χ1n) is 4.98. The predicted molar refractivity (Wildman–Crippen MR) is 61.5 cm³/mol. The molecule has 80 valence electrons. The molecule has 0 spiro atoms. The van der Waals surface area contributed by atoms with Gasteiger partial charge in [0.15, 0.2) is 5.78 Å². The minimum Gasteiger partial charge on any atom is -0.321 e. The average molecular weight is 234 g/mol. The summed E-state index contributed by atoms with van der Waals surface area (Å²) in [4.78, 5) is 23.3. The molecule has 4 heteroatoms. The summed E-state index contributed by atoms with van der Waals surface area (Å²) in [7, 11) is 0. The van der Waals surface area contributed by atoms with Crippen LogP contribution in [0.4, 0.5) is 5.69 Å². The molecule has 0 radical (unpaired) electrons. The van der Waals surface area contributed by atoms with Gasteiger partial charge in [0.05, 0.1) is 11.3 Å². The summed E-state index contributed by atoms with van der Waals surface area (Å²) >= 11 is 5.96. The highest BCUT2D eigenvalue weighted by Crippen LogP contribution is 2.43. The maximum absolute atomic E-state index is 11.7. The second-order valence-electron chi connectivity index (χ2n) is 4.05. The Labute approximate surface area is 97.1 Å². The lowest BCUT2D eigenvalue weighted by molar-refractivity contribution is -0.116. The molecule has 0 fully saturated rings. The summed E-state index contributed by atoms with van der Waals surface area (Å²) < 4.78 is 0. The number of nitrogens with one attached hydrogen (secondary N) is 1. The van der Waals surface area contributed by atoms with Crippen LogP contribution in [0.25, 0.3) is 5.57 Å². The van der Waals surface area contributed by atoms with Crippen LogP contribution in [0, 0.1) is 0 Å². The van der Waals surface area contributed by atoms with E-state index in [1.807, 2.05) is 6.92 Å². The van der Waals surface area contributed by atoms with Crippen LogP contribution in [-0.2, 0) is 9.59 Å². The highest BCUT2D eigenvalue weighted by molar-refractivity contribution is 6.37. The lowest BCUT2D eigenvalue weighted by Gasteiger charge is -2.18. The number of anilines is 1. The number of benzene rings is 1. The molecule has 2 aliphatic rings. The standard InChI is InChI=1S/C12H8ClNO2/c1-5-7-2-6(13)3-9-11(7)8(4-10(5)15)12(16)14-9/h2-5H,1H3,(H,14,16). The van der Waals surface area contributed by atoms with Crippen LogP contribution in [0.15, 0.2) is 18.2 Å². The Balaban J connectivity index is 2.38. The minimum absolute atomic E-state index is 0.0484. The molecule has 1 unspecified atom stereocenters. The van der Waals surface area contributed by atoms with Crippen LogP contribution in [0.2, 0.25) is 5.02 Å². The summed E-state index contributed by atoms with van der Waals surface area (Å²) in [5.41, 5.74) is 2.84. The van der Waals surface area contributed by atoms with E-state index in [-0.39, 0.29) is 17.6 Å². The molecule has 1 aliphatic heterocycles. The topological polar surface area (TPSA) is 46.2 Å². The largest absolute Gasteiger partial charge is 0.321 e.